The van der Waals surface area contributed by atoms with Gasteiger partial charge in [0.25, 0.3) is 7.98 Å². The summed E-state index contributed by atoms with van der Waals surface area (Å²) >= 11 is 0. The molecule has 0 unspecified atom stereocenters. The maximum atomic E-state index is 10.6. The van der Waals surface area contributed by atoms with Crippen LogP contribution in [-0.4, -0.2) is 27.9 Å². The van der Waals surface area contributed by atoms with Crippen LogP contribution in [0.15, 0.2) is 4.79 Å². The molecule has 0 saturated heterocycles. The van der Waals surface area contributed by atoms with Gasteiger partial charge in [0.2, 0.25) is 0 Å². The minimum atomic E-state index is -0.373. The van der Waals surface area contributed by atoms with Gasteiger partial charge >= 0.3 is 5.69 Å². The van der Waals surface area contributed by atoms with Gasteiger partial charge in [-0.3, -0.25) is 4.59 Å². The summed E-state index contributed by atoms with van der Waals surface area (Å²) in [5, 5.41) is 7.01. The van der Waals surface area contributed by atoms with E-state index in [9.17, 15) is 4.79 Å². The molecule has 0 aliphatic heterocycles. The fourth-order valence-corrected chi connectivity index (χ4v) is 0.403. The minimum absolute atomic E-state index is 0.373. The molecule has 1 rings (SSSR count). The topological polar surface area (TPSA) is 60.7 Å². The smallest absolute Gasteiger partial charge is 0.253 e. The van der Waals surface area contributed by atoms with Gasteiger partial charge in [0.05, 0.1) is 0 Å². The second-order valence-corrected chi connectivity index (χ2v) is 1.65. The quantitative estimate of drug-likeness (QED) is 0.366. The number of hydrogen-bond acceptors (Lipinski definition) is 4. The van der Waals surface area contributed by atoms with E-state index in [1.165, 1.54) is 7.98 Å². The zero-order chi connectivity index (χ0) is 6.85. The first-order valence-corrected chi connectivity index (χ1v) is 2.45. The number of nitrogens with zero attached hydrogens (tertiary/aromatic N) is 4. The lowest BCUT2D eigenvalue weighted by Gasteiger charge is -1.90. The lowest BCUT2D eigenvalue weighted by Crippen LogP contribution is -2.26. The SMILES string of the molecule is Bn1nnc(C)nc1=O. The second-order valence-electron chi connectivity index (χ2n) is 1.65. The molecule has 0 saturated carbocycles. The summed E-state index contributed by atoms with van der Waals surface area (Å²) < 4.78 is 1.08. The average Bonchev–Trinajstić information content (AvgIpc) is 1.80. The van der Waals surface area contributed by atoms with E-state index in [-0.39, 0.29) is 5.69 Å². The Kier molecular flexibility index (Phi) is 1.29. The summed E-state index contributed by atoms with van der Waals surface area (Å²) in [5.41, 5.74) is -0.373. The van der Waals surface area contributed by atoms with Gasteiger partial charge in [-0.05, 0) is 6.92 Å². The van der Waals surface area contributed by atoms with Crippen LogP contribution in [0.1, 0.15) is 5.82 Å². The molecule has 0 bridgehead atoms. The van der Waals surface area contributed by atoms with Crippen molar-refractivity contribution in [2.45, 2.75) is 6.92 Å². The molecule has 0 radical (unpaired) electrons. The molecule has 1 aromatic rings. The Morgan fingerprint density at radius 1 is 1.67 bits per heavy atom. The molecular formula is C3H5BN4O. The zero-order valence-corrected chi connectivity index (χ0v) is 5.20. The predicted molar refractivity (Wildman–Crippen MR) is 32.8 cm³/mol. The van der Waals surface area contributed by atoms with Crippen LogP contribution in [0.25, 0.3) is 0 Å². The Morgan fingerprint density at radius 2 is 2.33 bits per heavy atom. The molecule has 1 heterocycles. The lowest BCUT2D eigenvalue weighted by molar-refractivity contribution is 0.706. The Hall–Kier alpha value is -1.20. The second kappa shape index (κ2) is 1.96. The molecule has 0 aliphatic rings. The van der Waals surface area contributed by atoms with Crippen molar-refractivity contribution in [3.8, 4) is 0 Å². The minimum Gasteiger partial charge on any atom is -0.253 e. The van der Waals surface area contributed by atoms with E-state index in [1.807, 2.05) is 0 Å². The molecule has 9 heavy (non-hydrogen) atoms. The Bertz CT molecular complexity index is 269. The van der Waals surface area contributed by atoms with E-state index in [0.29, 0.717) is 5.82 Å². The number of hydrogen-bond donors (Lipinski definition) is 0. The molecule has 0 N–H and O–H groups in total. The summed E-state index contributed by atoms with van der Waals surface area (Å²) in [7, 11) is 1.50. The monoisotopic (exact) mass is 124 g/mol. The molecule has 0 amide bonds. The number of aryl methyl sites for hydroxylation is 1. The largest absolute Gasteiger partial charge is 0.353 e. The van der Waals surface area contributed by atoms with Crippen LogP contribution in [0.5, 0.6) is 0 Å². The van der Waals surface area contributed by atoms with E-state index in [4.69, 9.17) is 0 Å². The van der Waals surface area contributed by atoms with Gasteiger partial charge in [-0.1, -0.05) is 5.21 Å². The van der Waals surface area contributed by atoms with E-state index in [0.717, 1.165) is 4.59 Å². The van der Waals surface area contributed by atoms with Gasteiger partial charge in [0.1, 0.15) is 0 Å². The van der Waals surface area contributed by atoms with Gasteiger partial charge in [-0.25, -0.2) is 4.79 Å². The summed E-state index contributed by atoms with van der Waals surface area (Å²) in [5.74, 6) is 0.401. The van der Waals surface area contributed by atoms with Crippen LogP contribution >= 0.6 is 0 Å². The lowest BCUT2D eigenvalue weighted by atomic mass is 10.5. The van der Waals surface area contributed by atoms with Crippen molar-refractivity contribution in [3.63, 3.8) is 0 Å². The van der Waals surface area contributed by atoms with Crippen LogP contribution in [0.2, 0.25) is 0 Å². The molecule has 0 aliphatic carbocycles. The van der Waals surface area contributed by atoms with Gasteiger partial charge in [-0.15, -0.1) is 5.10 Å². The van der Waals surface area contributed by atoms with Gasteiger partial charge < -0.3 is 0 Å². The first kappa shape index (κ1) is 5.93. The molecule has 1 aromatic heterocycles. The van der Waals surface area contributed by atoms with Crippen molar-refractivity contribution in [2.24, 2.45) is 0 Å². The number of rotatable bonds is 0. The third-order valence-corrected chi connectivity index (χ3v) is 0.858. The van der Waals surface area contributed by atoms with Crippen LogP contribution in [0.4, 0.5) is 0 Å². The number of aromatic nitrogens is 4. The zero-order valence-electron chi connectivity index (χ0n) is 5.20. The van der Waals surface area contributed by atoms with Crippen LogP contribution in [0, 0.1) is 6.92 Å². The Morgan fingerprint density at radius 3 is 2.78 bits per heavy atom. The highest BCUT2D eigenvalue weighted by Crippen LogP contribution is 1.69. The predicted octanol–water partition coefficient (Wildman–Crippen LogP) is -2.26. The Balaban J connectivity index is 3.34. The maximum absolute atomic E-state index is 10.6. The molecular weight excluding hydrogens is 119 g/mol. The van der Waals surface area contributed by atoms with Crippen LogP contribution < -0.4 is 5.69 Å². The van der Waals surface area contributed by atoms with Crippen molar-refractivity contribution in [3.05, 3.63) is 16.3 Å². The maximum Gasteiger partial charge on any atom is 0.353 e. The highest BCUT2D eigenvalue weighted by atomic mass is 16.1. The standard InChI is InChI=1S/C3H5BN4O/c1-2-5-3(9)8(4)7-6-2/h4H2,1H3. The summed E-state index contributed by atoms with van der Waals surface area (Å²) in [4.78, 5) is 14.1. The van der Waals surface area contributed by atoms with Crippen LogP contribution in [-0.2, 0) is 0 Å². The first-order chi connectivity index (χ1) is 4.20. The fourth-order valence-electron chi connectivity index (χ4n) is 0.403. The van der Waals surface area contributed by atoms with Gasteiger partial charge in [0, 0.05) is 0 Å². The molecule has 0 atom stereocenters. The van der Waals surface area contributed by atoms with Crippen LogP contribution in [0.3, 0.4) is 0 Å². The highest BCUT2D eigenvalue weighted by Gasteiger charge is 1.90. The van der Waals surface area contributed by atoms with E-state index < -0.39 is 0 Å². The van der Waals surface area contributed by atoms with Crippen molar-refractivity contribution in [1.29, 1.82) is 0 Å². The highest BCUT2D eigenvalue weighted by molar-refractivity contribution is 6.05. The first-order valence-electron chi connectivity index (χ1n) is 2.45. The molecule has 6 heteroatoms. The van der Waals surface area contributed by atoms with E-state index in [2.05, 4.69) is 15.3 Å². The molecule has 0 aromatic carbocycles. The van der Waals surface area contributed by atoms with Crippen molar-refractivity contribution in [2.75, 3.05) is 0 Å². The summed E-state index contributed by atoms with van der Waals surface area (Å²) in [6, 6.07) is 0. The molecule has 5 nitrogen and oxygen atoms in total. The third kappa shape index (κ3) is 1.13. The van der Waals surface area contributed by atoms with Crippen molar-refractivity contribution >= 4 is 7.98 Å². The van der Waals surface area contributed by atoms with E-state index in [1.54, 1.807) is 6.92 Å². The van der Waals surface area contributed by atoms with Gasteiger partial charge in [-0.2, -0.15) is 4.98 Å². The summed E-state index contributed by atoms with van der Waals surface area (Å²) in [6.07, 6.45) is 0. The molecule has 0 fully saturated rings. The fraction of sp³-hybridized carbons (Fsp3) is 0.333. The normalized spacial score (nSPS) is 9.44. The Labute approximate surface area is 52.2 Å². The molecule has 46 valence electrons. The van der Waals surface area contributed by atoms with Crippen molar-refractivity contribution < 1.29 is 0 Å². The summed E-state index contributed by atoms with van der Waals surface area (Å²) in [6.45, 7) is 1.62. The third-order valence-electron chi connectivity index (χ3n) is 0.858. The van der Waals surface area contributed by atoms with Crippen molar-refractivity contribution in [1.82, 2.24) is 19.9 Å². The van der Waals surface area contributed by atoms with E-state index >= 15 is 0 Å². The molecule has 0 spiro atoms. The van der Waals surface area contributed by atoms with Gasteiger partial charge in [0.15, 0.2) is 5.82 Å². The average molecular weight is 124 g/mol.